The van der Waals surface area contributed by atoms with Crippen LogP contribution in [0.25, 0.3) is 0 Å². The highest BCUT2D eigenvalue weighted by Crippen LogP contribution is 2.34. The summed E-state index contributed by atoms with van der Waals surface area (Å²) in [5, 5.41) is 10.3. The van der Waals surface area contributed by atoms with E-state index >= 15 is 0 Å². The van der Waals surface area contributed by atoms with Crippen molar-refractivity contribution in [2.75, 3.05) is 0 Å². The minimum atomic E-state index is -0.590. The van der Waals surface area contributed by atoms with Gasteiger partial charge in [-0.1, -0.05) is 59.6 Å². The lowest BCUT2D eigenvalue weighted by Crippen LogP contribution is -2.48. The zero-order chi connectivity index (χ0) is 19.3. The molecule has 1 fully saturated rings. The number of carbonyl (C=O) groups excluding carboxylic acids is 2. The van der Waals surface area contributed by atoms with E-state index in [1.54, 1.807) is 0 Å². The molecule has 1 aliphatic rings. The number of cyclic esters (lactones) is 1. The predicted molar refractivity (Wildman–Crippen MR) is 100.0 cm³/mol. The van der Waals surface area contributed by atoms with Crippen molar-refractivity contribution in [1.29, 1.82) is 0 Å². The minimum absolute atomic E-state index is 0.00185. The second-order valence-electron chi connectivity index (χ2n) is 7.97. The van der Waals surface area contributed by atoms with Crippen molar-refractivity contribution in [3.63, 3.8) is 0 Å². The van der Waals surface area contributed by atoms with Crippen molar-refractivity contribution in [3.05, 3.63) is 11.6 Å². The summed E-state index contributed by atoms with van der Waals surface area (Å²) >= 11 is 0. The van der Waals surface area contributed by atoms with Gasteiger partial charge < -0.3 is 9.84 Å². The normalized spacial score (nSPS) is 26.9. The standard InChI is InChI=1S/C21H36O4/c1-8-13(4)18(22)16(7)19(23)14(5)10-12(3)11-15(6)20-17(9-2)21(24)25-20/h10,13-18,20,22H,8-9,11H2,1-7H3/b12-10+/t13-,14+,15-,16-,17+,18-,20-/m0/s1. The van der Waals surface area contributed by atoms with E-state index < -0.39 is 6.10 Å². The van der Waals surface area contributed by atoms with E-state index in [0.29, 0.717) is 0 Å². The highest BCUT2D eigenvalue weighted by molar-refractivity contribution is 5.85. The largest absolute Gasteiger partial charge is 0.461 e. The van der Waals surface area contributed by atoms with Crippen LogP contribution in [0.5, 0.6) is 0 Å². The lowest BCUT2D eigenvalue weighted by molar-refractivity contribution is -0.191. The molecule has 1 heterocycles. The molecule has 0 bridgehead atoms. The molecule has 0 saturated carbocycles. The highest BCUT2D eigenvalue weighted by Gasteiger charge is 2.43. The van der Waals surface area contributed by atoms with Crippen LogP contribution in [-0.2, 0) is 14.3 Å². The highest BCUT2D eigenvalue weighted by atomic mass is 16.6. The number of Topliss-reactive ketones (excluding diaryl/α,β-unsaturated/α-hetero) is 1. The molecule has 144 valence electrons. The summed E-state index contributed by atoms with van der Waals surface area (Å²) in [6.45, 7) is 13.9. The molecular weight excluding hydrogens is 316 g/mol. The number of ether oxygens (including phenoxy) is 1. The van der Waals surface area contributed by atoms with Crippen LogP contribution in [0, 0.1) is 29.6 Å². The van der Waals surface area contributed by atoms with E-state index in [2.05, 4.69) is 6.92 Å². The van der Waals surface area contributed by atoms with E-state index in [9.17, 15) is 14.7 Å². The van der Waals surface area contributed by atoms with Gasteiger partial charge in [0.25, 0.3) is 0 Å². The summed E-state index contributed by atoms with van der Waals surface area (Å²) in [7, 11) is 0. The number of hydrogen-bond donors (Lipinski definition) is 1. The number of rotatable bonds is 10. The van der Waals surface area contributed by atoms with Crippen LogP contribution in [0.1, 0.15) is 67.7 Å². The Labute approximate surface area is 153 Å². The lowest BCUT2D eigenvalue weighted by atomic mass is 9.81. The molecule has 0 aromatic heterocycles. The Morgan fingerprint density at radius 1 is 1.24 bits per heavy atom. The van der Waals surface area contributed by atoms with Crippen LogP contribution in [-0.4, -0.2) is 29.1 Å². The van der Waals surface area contributed by atoms with E-state index in [1.807, 2.05) is 47.6 Å². The summed E-state index contributed by atoms with van der Waals surface area (Å²) in [6.07, 6.45) is 3.90. The first-order valence-electron chi connectivity index (χ1n) is 9.73. The second kappa shape index (κ2) is 9.51. The Hall–Kier alpha value is -1.16. The van der Waals surface area contributed by atoms with Crippen LogP contribution in [0.15, 0.2) is 11.6 Å². The van der Waals surface area contributed by atoms with Gasteiger partial charge in [0.15, 0.2) is 0 Å². The maximum absolute atomic E-state index is 12.6. The van der Waals surface area contributed by atoms with Crippen molar-refractivity contribution in [2.24, 2.45) is 29.6 Å². The van der Waals surface area contributed by atoms with Gasteiger partial charge in [-0.15, -0.1) is 0 Å². The fourth-order valence-corrected chi connectivity index (χ4v) is 3.80. The summed E-state index contributed by atoms with van der Waals surface area (Å²) in [5.41, 5.74) is 1.14. The molecule has 0 unspecified atom stereocenters. The van der Waals surface area contributed by atoms with Gasteiger partial charge in [-0.3, -0.25) is 9.59 Å². The van der Waals surface area contributed by atoms with Gasteiger partial charge in [-0.05, 0) is 31.6 Å². The van der Waals surface area contributed by atoms with Gasteiger partial charge in [0.05, 0.1) is 12.0 Å². The summed E-state index contributed by atoms with van der Waals surface area (Å²) < 4.78 is 5.30. The van der Waals surface area contributed by atoms with Gasteiger partial charge in [0, 0.05) is 11.8 Å². The molecule has 0 aromatic carbocycles. The minimum Gasteiger partial charge on any atom is -0.461 e. The third-order valence-corrected chi connectivity index (χ3v) is 5.77. The van der Waals surface area contributed by atoms with Crippen LogP contribution in [0.4, 0.5) is 0 Å². The Balaban J connectivity index is 2.62. The van der Waals surface area contributed by atoms with E-state index in [4.69, 9.17) is 4.74 Å². The monoisotopic (exact) mass is 352 g/mol. The number of allylic oxidation sites excluding steroid dienone is 2. The molecule has 1 rings (SSSR count). The Bertz CT molecular complexity index is 496. The van der Waals surface area contributed by atoms with Gasteiger partial charge in [-0.2, -0.15) is 0 Å². The second-order valence-corrected chi connectivity index (χ2v) is 7.97. The van der Waals surface area contributed by atoms with Crippen molar-refractivity contribution in [2.45, 2.75) is 79.9 Å². The average Bonchev–Trinajstić information content (AvgIpc) is 2.56. The predicted octanol–water partition coefficient (Wildman–Crippen LogP) is 4.16. The van der Waals surface area contributed by atoms with E-state index in [-0.39, 0.29) is 47.4 Å². The molecule has 7 atom stereocenters. The van der Waals surface area contributed by atoms with E-state index in [1.165, 1.54) is 0 Å². The number of aliphatic hydroxyl groups is 1. The van der Waals surface area contributed by atoms with Gasteiger partial charge in [0.1, 0.15) is 11.9 Å². The summed E-state index contributed by atoms with van der Waals surface area (Å²) in [4.78, 5) is 24.0. The van der Waals surface area contributed by atoms with Crippen molar-refractivity contribution in [1.82, 2.24) is 0 Å². The topological polar surface area (TPSA) is 63.6 Å². The molecule has 0 spiro atoms. The van der Waals surface area contributed by atoms with Gasteiger partial charge in [0.2, 0.25) is 0 Å². The van der Waals surface area contributed by atoms with Gasteiger partial charge >= 0.3 is 5.97 Å². The number of ketones is 1. The first-order valence-corrected chi connectivity index (χ1v) is 9.73. The molecule has 0 radical (unpaired) electrons. The maximum atomic E-state index is 12.6. The molecule has 1 saturated heterocycles. The lowest BCUT2D eigenvalue weighted by Gasteiger charge is -2.38. The third-order valence-electron chi connectivity index (χ3n) is 5.77. The van der Waals surface area contributed by atoms with Crippen molar-refractivity contribution >= 4 is 11.8 Å². The fraction of sp³-hybridized carbons (Fsp3) is 0.810. The number of esters is 1. The summed E-state index contributed by atoms with van der Waals surface area (Å²) in [6, 6.07) is 0. The van der Waals surface area contributed by atoms with Crippen molar-refractivity contribution in [3.8, 4) is 0 Å². The molecule has 4 nitrogen and oxygen atoms in total. The molecule has 25 heavy (non-hydrogen) atoms. The molecule has 1 aliphatic heterocycles. The molecule has 0 aromatic rings. The Morgan fingerprint density at radius 2 is 1.84 bits per heavy atom. The number of aliphatic hydroxyl groups excluding tert-OH is 1. The first kappa shape index (κ1) is 21.9. The van der Waals surface area contributed by atoms with Crippen LogP contribution in [0.3, 0.4) is 0 Å². The zero-order valence-corrected chi connectivity index (χ0v) is 16.9. The fourth-order valence-electron chi connectivity index (χ4n) is 3.80. The number of hydrogen-bond acceptors (Lipinski definition) is 4. The molecule has 1 N–H and O–H groups in total. The molecule has 0 aliphatic carbocycles. The molecule has 0 amide bonds. The van der Waals surface area contributed by atoms with Crippen LogP contribution >= 0.6 is 0 Å². The third kappa shape index (κ3) is 5.40. The Kier molecular flexibility index (Phi) is 8.33. The maximum Gasteiger partial charge on any atom is 0.313 e. The van der Waals surface area contributed by atoms with Crippen molar-refractivity contribution < 1.29 is 19.4 Å². The van der Waals surface area contributed by atoms with Crippen LogP contribution < -0.4 is 0 Å². The smallest absolute Gasteiger partial charge is 0.313 e. The molecular formula is C21H36O4. The zero-order valence-electron chi connectivity index (χ0n) is 16.9. The summed E-state index contributed by atoms with van der Waals surface area (Å²) in [5.74, 6) is -0.179. The average molecular weight is 353 g/mol. The first-order chi connectivity index (χ1) is 11.6. The quantitative estimate of drug-likeness (QED) is 0.474. The van der Waals surface area contributed by atoms with Crippen LogP contribution in [0.2, 0.25) is 0 Å². The SMILES string of the molecule is CC[C@H](C)[C@H](O)[C@H](C)C(=O)[C@H](C)/C=C(\C)C[C@H](C)[C@@H]1OC(=O)[C@@H]1CC. The van der Waals surface area contributed by atoms with E-state index in [0.717, 1.165) is 24.8 Å². The van der Waals surface area contributed by atoms with Gasteiger partial charge in [-0.25, -0.2) is 0 Å². The number of carbonyl (C=O) groups is 2. The Morgan fingerprint density at radius 3 is 2.32 bits per heavy atom. The molecule has 4 heteroatoms.